The third-order valence-electron chi connectivity index (χ3n) is 4.12. The average molecular weight is 270 g/mol. The molecule has 2 nitrogen and oxygen atoms in total. The summed E-state index contributed by atoms with van der Waals surface area (Å²) in [5, 5.41) is 14.5. The van der Waals surface area contributed by atoms with Crippen LogP contribution in [0.5, 0.6) is 0 Å². The molecule has 4 heteroatoms. The number of piperidine rings is 1. The average Bonchev–Trinajstić information content (AvgIpc) is 2.63. The molecule has 18 heavy (non-hydrogen) atoms. The molecule has 0 aliphatic carbocycles. The summed E-state index contributed by atoms with van der Waals surface area (Å²) in [6.07, 6.45) is 4.05. The molecule has 2 saturated heterocycles. The molecule has 2 bridgehead atoms. The van der Waals surface area contributed by atoms with E-state index in [0.717, 1.165) is 12.8 Å². The molecule has 1 aromatic rings. The zero-order valence-electron chi connectivity index (χ0n) is 10.1. The first-order chi connectivity index (χ1) is 8.54. The molecular weight excluding hydrogens is 253 g/mol. The quantitative estimate of drug-likeness (QED) is 0.865. The van der Waals surface area contributed by atoms with Gasteiger partial charge in [0.2, 0.25) is 0 Å². The van der Waals surface area contributed by atoms with Crippen molar-refractivity contribution in [2.24, 2.45) is 0 Å². The second-order valence-electron chi connectivity index (χ2n) is 5.68. The highest BCUT2D eigenvalue weighted by molar-refractivity contribution is 6.30. The van der Waals surface area contributed by atoms with Gasteiger partial charge in [-0.3, -0.25) is 0 Å². The van der Waals surface area contributed by atoms with E-state index in [-0.39, 0.29) is 5.82 Å². The summed E-state index contributed by atoms with van der Waals surface area (Å²) in [7, 11) is 0. The zero-order chi connectivity index (χ0) is 12.8. The molecule has 2 unspecified atom stereocenters. The van der Waals surface area contributed by atoms with E-state index in [4.69, 9.17) is 11.6 Å². The summed E-state index contributed by atoms with van der Waals surface area (Å²) in [5.41, 5.74) is -0.214. The van der Waals surface area contributed by atoms with Gasteiger partial charge in [-0.05, 0) is 43.4 Å². The van der Waals surface area contributed by atoms with Gasteiger partial charge in [-0.2, -0.15) is 0 Å². The van der Waals surface area contributed by atoms with Crippen LogP contribution in [0.25, 0.3) is 0 Å². The zero-order valence-corrected chi connectivity index (χ0v) is 10.9. The number of fused-ring (bicyclic) bond motifs is 2. The lowest BCUT2D eigenvalue weighted by molar-refractivity contribution is -0.00673. The van der Waals surface area contributed by atoms with Gasteiger partial charge in [0.1, 0.15) is 5.82 Å². The van der Waals surface area contributed by atoms with Gasteiger partial charge in [-0.1, -0.05) is 17.7 Å². The van der Waals surface area contributed by atoms with E-state index in [1.807, 2.05) is 0 Å². The van der Waals surface area contributed by atoms with Crippen LogP contribution in [-0.4, -0.2) is 22.8 Å². The Hall–Kier alpha value is -0.640. The third kappa shape index (κ3) is 2.40. The number of hydrogen-bond acceptors (Lipinski definition) is 2. The van der Waals surface area contributed by atoms with Gasteiger partial charge in [-0.15, -0.1) is 0 Å². The standard InChI is InChI=1S/C14H17ClFNO/c15-10-2-1-9(13(16)5-10)6-14(18)7-11-3-4-12(8-14)17-11/h1-2,5,11-12,17-18H,3-4,6-8H2. The van der Waals surface area contributed by atoms with Crippen molar-refractivity contribution in [2.45, 2.75) is 49.8 Å². The van der Waals surface area contributed by atoms with Crippen LogP contribution in [0.3, 0.4) is 0 Å². The lowest BCUT2D eigenvalue weighted by Crippen LogP contribution is -2.49. The summed E-state index contributed by atoms with van der Waals surface area (Å²) in [5.74, 6) is -0.318. The Morgan fingerprint density at radius 3 is 2.61 bits per heavy atom. The van der Waals surface area contributed by atoms with Crippen molar-refractivity contribution in [1.82, 2.24) is 5.32 Å². The molecule has 0 aromatic heterocycles. The summed E-state index contributed by atoms with van der Waals surface area (Å²) >= 11 is 5.74. The number of halogens is 2. The molecule has 0 amide bonds. The van der Waals surface area contributed by atoms with Crippen LogP contribution in [0.15, 0.2) is 18.2 Å². The van der Waals surface area contributed by atoms with Crippen LogP contribution >= 0.6 is 11.6 Å². The molecule has 2 aliphatic heterocycles. The maximum absolute atomic E-state index is 13.8. The summed E-state index contributed by atoms with van der Waals surface area (Å²) in [4.78, 5) is 0. The van der Waals surface area contributed by atoms with Crippen LogP contribution in [0.1, 0.15) is 31.2 Å². The van der Waals surface area contributed by atoms with Crippen LogP contribution in [-0.2, 0) is 6.42 Å². The lowest BCUT2D eigenvalue weighted by atomic mass is 9.82. The molecule has 1 aromatic carbocycles. The molecule has 98 valence electrons. The van der Waals surface area contributed by atoms with Gasteiger partial charge in [0.25, 0.3) is 0 Å². The van der Waals surface area contributed by atoms with E-state index in [9.17, 15) is 9.50 Å². The SMILES string of the molecule is OC1(Cc2ccc(Cl)cc2F)CC2CCC(C1)N2. The normalized spacial score (nSPS) is 34.8. The van der Waals surface area contributed by atoms with Gasteiger partial charge >= 0.3 is 0 Å². The number of hydrogen-bond donors (Lipinski definition) is 2. The Morgan fingerprint density at radius 1 is 1.33 bits per heavy atom. The minimum absolute atomic E-state index is 0.318. The molecule has 2 atom stereocenters. The number of benzene rings is 1. The highest BCUT2D eigenvalue weighted by Crippen LogP contribution is 2.36. The Bertz CT molecular complexity index is 453. The van der Waals surface area contributed by atoms with Gasteiger partial charge in [-0.25, -0.2) is 4.39 Å². The maximum atomic E-state index is 13.8. The second kappa shape index (κ2) is 4.48. The molecule has 3 rings (SSSR count). The molecule has 2 heterocycles. The number of nitrogens with one attached hydrogen (secondary N) is 1. The van der Waals surface area contributed by atoms with Gasteiger partial charge < -0.3 is 10.4 Å². The smallest absolute Gasteiger partial charge is 0.127 e. The van der Waals surface area contributed by atoms with Gasteiger partial charge in [0, 0.05) is 23.5 Å². The largest absolute Gasteiger partial charge is 0.389 e. The Morgan fingerprint density at radius 2 is 2.00 bits per heavy atom. The summed E-state index contributed by atoms with van der Waals surface area (Å²) in [6, 6.07) is 5.46. The van der Waals surface area contributed by atoms with E-state index in [1.54, 1.807) is 12.1 Å². The van der Waals surface area contributed by atoms with Crippen molar-refractivity contribution in [1.29, 1.82) is 0 Å². The monoisotopic (exact) mass is 269 g/mol. The van der Waals surface area contributed by atoms with E-state index >= 15 is 0 Å². The van der Waals surface area contributed by atoms with Crippen LogP contribution in [0.4, 0.5) is 4.39 Å². The molecule has 2 aliphatic rings. The highest BCUT2D eigenvalue weighted by atomic mass is 35.5. The third-order valence-corrected chi connectivity index (χ3v) is 4.36. The lowest BCUT2D eigenvalue weighted by Gasteiger charge is -2.37. The fourth-order valence-electron chi connectivity index (χ4n) is 3.39. The van der Waals surface area contributed by atoms with Crippen molar-refractivity contribution < 1.29 is 9.50 Å². The first kappa shape index (κ1) is 12.4. The Kier molecular flexibility index (Phi) is 3.08. The van der Waals surface area contributed by atoms with E-state index < -0.39 is 5.60 Å². The van der Waals surface area contributed by atoms with Gasteiger partial charge in [0.15, 0.2) is 0 Å². The minimum atomic E-state index is -0.772. The summed E-state index contributed by atoms with van der Waals surface area (Å²) in [6.45, 7) is 0. The van der Waals surface area contributed by atoms with Crippen LogP contribution in [0, 0.1) is 5.82 Å². The number of rotatable bonds is 2. The molecule has 0 radical (unpaired) electrons. The van der Waals surface area contributed by atoms with E-state index in [1.165, 1.54) is 6.07 Å². The first-order valence-electron chi connectivity index (χ1n) is 6.46. The fourth-order valence-corrected chi connectivity index (χ4v) is 3.55. The Labute approximate surface area is 111 Å². The number of aliphatic hydroxyl groups is 1. The van der Waals surface area contributed by atoms with Crippen LogP contribution < -0.4 is 5.32 Å². The summed E-state index contributed by atoms with van der Waals surface area (Å²) < 4.78 is 13.8. The molecule has 0 spiro atoms. The van der Waals surface area contributed by atoms with Gasteiger partial charge in [0.05, 0.1) is 5.60 Å². The highest BCUT2D eigenvalue weighted by Gasteiger charge is 2.42. The molecule has 2 N–H and O–H groups in total. The molecular formula is C14H17ClFNO. The van der Waals surface area contributed by atoms with E-state index in [2.05, 4.69) is 5.32 Å². The minimum Gasteiger partial charge on any atom is -0.389 e. The molecule has 0 saturated carbocycles. The fraction of sp³-hybridized carbons (Fsp3) is 0.571. The predicted octanol–water partition coefficient (Wildman–Crippen LogP) is 2.67. The van der Waals surface area contributed by atoms with Crippen molar-refractivity contribution in [3.63, 3.8) is 0 Å². The molecule has 2 fully saturated rings. The van der Waals surface area contributed by atoms with Crippen molar-refractivity contribution in [3.8, 4) is 0 Å². The maximum Gasteiger partial charge on any atom is 0.127 e. The topological polar surface area (TPSA) is 32.3 Å². The predicted molar refractivity (Wildman–Crippen MR) is 69.2 cm³/mol. The first-order valence-corrected chi connectivity index (χ1v) is 6.84. The van der Waals surface area contributed by atoms with Crippen molar-refractivity contribution >= 4 is 11.6 Å². The second-order valence-corrected chi connectivity index (χ2v) is 6.12. The van der Waals surface area contributed by atoms with E-state index in [0.29, 0.717) is 41.9 Å². The Balaban J connectivity index is 1.79. The van der Waals surface area contributed by atoms with Crippen molar-refractivity contribution in [2.75, 3.05) is 0 Å². The van der Waals surface area contributed by atoms with Crippen molar-refractivity contribution in [3.05, 3.63) is 34.6 Å². The van der Waals surface area contributed by atoms with Crippen LogP contribution in [0.2, 0.25) is 5.02 Å².